The van der Waals surface area contributed by atoms with Crippen molar-refractivity contribution in [1.29, 1.82) is 0 Å². The molecule has 1 amide bonds. The number of rotatable bonds is 9. The Labute approximate surface area is 232 Å². The fourth-order valence-corrected chi connectivity index (χ4v) is 4.53. The van der Waals surface area contributed by atoms with Gasteiger partial charge in [-0.1, -0.05) is 30.3 Å². The van der Waals surface area contributed by atoms with Crippen LogP contribution in [-0.2, 0) is 4.79 Å². The molecule has 0 saturated carbocycles. The zero-order chi connectivity index (χ0) is 27.9. The summed E-state index contributed by atoms with van der Waals surface area (Å²) in [5.41, 5.74) is 2.68. The molecule has 2 heterocycles. The number of ketones is 1. The maximum absolute atomic E-state index is 12.8. The summed E-state index contributed by atoms with van der Waals surface area (Å²) in [5.74, 6) is 2.55. The van der Waals surface area contributed by atoms with Gasteiger partial charge in [0.1, 0.15) is 17.2 Å². The molecule has 204 valence electrons. The summed E-state index contributed by atoms with van der Waals surface area (Å²) in [5, 5.41) is 8.83. The maximum Gasteiger partial charge on any atom is 0.260 e. The van der Waals surface area contributed by atoms with E-state index in [0.717, 1.165) is 11.4 Å². The van der Waals surface area contributed by atoms with Crippen molar-refractivity contribution in [2.45, 2.75) is 0 Å². The molecule has 0 N–H and O–H groups in total. The van der Waals surface area contributed by atoms with Crippen molar-refractivity contribution in [1.82, 2.24) is 15.1 Å². The van der Waals surface area contributed by atoms with Crippen LogP contribution in [0.1, 0.15) is 15.9 Å². The highest BCUT2D eigenvalue weighted by atomic mass is 16.5. The first kappa shape index (κ1) is 26.7. The zero-order valence-electron chi connectivity index (χ0n) is 22.4. The molecule has 1 aliphatic rings. The van der Waals surface area contributed by atoms with Crippen LogP contribution in [0.4, 0.5) is 5.82 Å². The van der Waals surface area contributed by atoms with Crippen molar-refractivity contribution in [3.63, 3.8) is 0 Å². The van der Waals surface area contributed by atoms with Crippen molar-refractivity contribution < 1.29 is 23.8 Å². The van der Waals surface area contributed by atoms with Gasteiger partial charge in [0.15, 0.2) is 18.2 Å². The van der Waals surface area contributed by atoms with Crippen LogP contribution in [0.25, 0.3) is 11.3 Å². The molecule has 3 aromatic carbocycles. The van der Waals surface area contributed by atoms with E-state index in [1.807, 2.05) is 48.5 Å². The van der Waals surface area contributed by atoms with Gasteiger partial charge in [0.05, 0.1) is 19.9 Å². The second kappa shape index (κ2) is 12.3. The van der Waals surface area contributed by atoms with E-state index in [-0.39, 0.29) is 18.3 Å². The Kier molecular flexibility index (Phi) is 8.20. The number of carbonyl (C=O) groups excluding carboxylic acids is 2. The third-order valence-corrected chi connectivity index (χ3v) is 6.80. The van der Waals surface area contributed by atoms with E-state index >= 15 is 0 Å². The van der Waals surface area contributed by atoms with E-state index in [1.54, 1.807) is 55.5 Å². The van der Waals surface area contributed by atoms with Gasteiger partial charge in [-0.25, -0.2) is 0 Å². The van der Waals surface area contributed by atoms with E-state index in [1.165, 1.54) is 0 Å². The molecule has 0 unspecified atom stereocenters. The number of ether oxygens (including phenoxy) is 3. The Hall–Kier alpha value is -4.92. The summed E-state index contributed by atoms with van der Waals surface area (Å²) < 4.78 is 16.5. The minimum absolute atomic E-state index is 0.0551. The molecule has 1 fully saturated rings. The first-order chi connectivity index (χ1) is 19.6. The Morgan fingerprint density at radius 1 is 0.750 bits per heavy atom. The van der Waals surface area contributed by atoms with E-state index in [4.69, 9.17) is 14.2 Å². The highest BCUT2D eigenvalue weighted by Crippen LogP contribution is 2.32. The first-order valence-electron chi connectivity index (χ1n) is 13.0. The van der Waals surface area contributed by atoms with Gasteiger partial charge in [-0.05, 0) is 54.6 Å². The molecule has 0 bridgehead atoms. The van der Waals surface area contributed by atoms with Crippen LogP contribution in [0.2, 0.25) is 0 Å². The smallest absolute Gasteiger partial charge is 0.260 e. The minimum Gasteiger partial charge on any atom is -0.497 e. The standard InChI is InChI=1S/C31H30N4O5/c1-38-25-12-14-28(39-2)26(20-25)27-13-15-29(33-32-27)34-16-18-35(19-17-34)30(36)21-40-24-10-8-23(9-11-24)31(37)22-6-4-3-5-7-22/h3-15,20H,16-19,21H2,1-2H3. The quantitative estimate of drug-likeness (QED) is 0.294. The molecule has 4 aromatic rings. The Balaban J connectivity index is 1.12. The van der Waals surface area contributed by atoms with Crippen molar-refractivity contribution in [3.05, 3.63) is 96.1 Å². The number of methoxy groups -OCH3 is 2. The summed E-state index contributed by atoms with van der Waals surface area (Å²) in [6, 6.07) is 25.3. The number of hydrogen-bond acceptors (Lipinski definition) is 8. The lowest BCUT2D eigenvalue weighted by Crippen LogP contribution is -2.50. The lowest BCUT2D eigenvalue weighted by atomic mass is 10.0. The molecule has 9 heteroatoms. The lowest BCUT2D eigenvalue weighted by molar-refractivity contribution is -0.133. The molecule has 0 atom stereocenters. The van der Waals surface area contributed by atoms with E-state index in [0.29, 0.717) is 60.2 Å². The first-order valence-corrected chi connectivity index (χ1v) is 13.0. The molecular formula is C31H30N4O5. The molecule has 0 aliphatic carbocycles. The number of piperazine rings is 1. The second-order valence-electron chi connectivity index (χ2n) is 9.22. The largest absolute Gasteiger partial charge is 0.497 e. The molecule has 0 spiro atoms. The average molecular weight is 539 g/mol. The highest BCUT2D eigenvalue weighted by molar-refractivity contribution is 6.09. The summed E-state index contributed by atoms with van der Waals surface area (Å²) in [7, 11) is 3.23. The fourth-order valence-electron chi connectivity index (χ4n) is 4.53. The maximum atomic E-state index is 12.8. The molecule has 1 aliphatic heterocycles. The minimum atomic E-state index is -0.0874. The second-order valence-corrected chi connectivity index (χ2v) is 9.22. The van der Waals surface area contributed by atoms with Gasteiger partial charge in [0.2, 0.25) is 0 Å². The highest BCUT2D eigenvalue weighted by Gasteiger charge is 2.23. The molecule has 1 aromatic heterocycles. The van der Waals surface area contributed by atoms with Gasteiger partial charge in [0, 0.05) is 42.9 Å². The Bertz CT molecular complexity index is 1450. The predicted octanol–water partition coefficient (Wildman–Crippen LogP) is 4.12. The van der Waals surface area contributed by atoms with Crippen molar-refractivity contribution >= 4 is 17.5 Å². The van der Waals surface area contributed by atoms with Crippen LogP contribution in [0, 0.1) is 0 Å². The molecule has 0 radical (unpaired) electrons. The monoisotopic (exact) mass is 538 g/mol. The van der Waals surface area contributed by atoms with Crippen molar-refractivity contribution in [3.8, 4) is 28.5 Å². The number of anilines is 1. The topological polar surface area (TPSA) is 94.1 Å². The summed E-state index contributed by atoms with van der Waals surface area (Å²) in [6.07, 6.45) is 0. The van der Waals surface area contributed by atoms with E-state index in [9.17, 15) is 9.59 Å². The number of amides is 1. The fraction of sp³-hybridized carbons (Fsp3) is 0.226. The molecular weight excluding hydrogens is 508 g/mol. The summed E-state index contributed by atoms with van der Waals surface area (Å²) in [4.78, 5) is 29.2. The Morgan fingerprint density at radius 2 is 1.45 bits per heavy atom. The van der Waals surface area contributed by atoms with Crippen LogP contribution >= 0.6 is 0 Å². The summed E-state index contributed by atoms with van der Waals surface area (Å²) >= 11 is 0. The lowest BCUT2D eigenvalue weighted by Gasteiger charge is -2.35. The number of benzene rings is 3. The van der Waals surface area contributed by atoms with Crippen LogP contribution in [-0.4, -0.2) is 73.8 Å². The van der Waals surface area contributed by atoms with Crippen LogP contribution < -0.4 is 19.1 Å². The zero-order valence-corrected chi connectivity index (χ0v) is 22.4. The normalized spacial score (nSPS) is 13.1. The van der Waals surface area contributed by atoms with Gasteiger partial charge in [-0.2, -0.15) is 0 Å². The van der Waals surface area contributed by atoms with Gasteiger partial charge in [-0.3, -0.25) is 9.59 Å². The Morgan fingerprint density at radius 3 is 2.10 bits per heavy atom. The van der Waals surface area contributed by atoms with Crippen LogP contribution in [0.15, 0.2) is 84.9 Å². The van der Waals surface area contributed by atoms with Crippen LogP contribution in [0.5, 0.6) is 17.2 Å². The van der Waals surface area contributed by atoms with E-state index < -0.39 is 0 Å². The van der Waals surface area contributed by atoms with E-state index in [2.05, 4.69) is 15.1 Å². The van der Waals surface area contributed by atoms with Crippen molar-refractivity contribution in [2.75, 3.05) is 51.9 Å². The average Bonchev–Trinajstić information content (AvgIpc) is 3.03. The molecule has 5 rings (SSSR count). The number of hydrogen-bond donors (Lipinski definition) is 0. The van der Waals surface area contributed by atoms with Crippen LogP contribution in [0.3, 0.4) is 0 Å². The van der Waals surface area contributed by atoms with Gasteiger partial charge >= 0.3 is 0 Å². The van der Waals surface area contributed by atoms with Gasteiger partial charge < -0.3 is 24.0 Å². The number of nitrogens with zero attached hydrogens (tertiary/aromatic N) is 4. The van der Waals surface area contributed by atoms with Crippen molar-refractivity contribution in [2.24, 2.45) is 0 Å². The predicted molar refractivity (Wildman–Crippen MR) is 151 cm³/mol. The number of carbonyl (C=O) groups is 2. The molecule has 1 saturated heterocycles. The molecule has 40 heavy (non-hydrogen) atoms. The molecule has 9 nitrogen and oxygen atoms in total. The third-order valence-electron chi connectivity index (χ3n) is 6.80. The number of aromatic nitrogens is 2. The van der Waals surface area contributed by atoms with Gasteiger partial charge in [0.25, 0.3) is 5.91 Å². The third kappa shape index (κ3) is 6.04. The van der Waals surface area contributed by atoms with Gasteiger partial charge in [-0.15, -0.1) is 10.2 Å². The SMILES string of the molecule is COc1ccc(OC)c(-c2ccc(N3CCN(C(=O)COc4ccc(C(=O)c5ccccc5)cc4)CC3)nn2)c1. The summed E-state index contributed by atoms with van der Waals surface area (Å²) in [6.45, 7) is 2.32.